The van der Waals surface area contributed by atoms with Crippen molar-refractivity contribution in [3.63, 3.8) is 0 Å². The summed E-state index contributed by atoms with van der Waals surface area (Å²) < 4.78 is 32.2. The summed E-state index contributed by atoms with van der Waals surface area (Å²) in [5.74, 6) is -1.20. The van der Waals surface area contributed by atoms with E-state index in [1.165, 1.54) is 13.2 Å². The van der Waals surface area contributed by atoms with Crippen LogP contribution in [0.5, 0.6) is 0 Å². The van der Waals surface area contributed by atoms with Gasteiger partial charge in [0.15, 0.2) is 0 Å². The van der Waals surface area contributed by atoms with Gasteiger partial charge in [-0.05, 0) is 48.9 Å². The second-order valence-corrected chi connectivity index (χ2v) is 7.24. The van der Waals surface area contributed by atoms with E-state index in [1.807, 2.05) is 6.92 Å². The minimum Gasteiger partial charge on any atom is -0.478 e. The number of nitrogens with one attached hydrogen (secondary N) is 1. The molecule has 0 heterocycles. The summed E-state index contributed by atoms with van der Waals surface area (Å²) in [7, 11) is -2.11. The summed E-state index contributed by atoms with van der Waals surface area (Å²) in [5, 5.41) is 9.16. The number of aromatic carboxylic acids is 1. The van der Waals surface area contributed by atoms with Crippen LogP contribution in [0, 0.1) is 0 Å². The molecule has 2 N–H and O–H groups in total. The van der Waals surface area contributed by atoms with Gasteiger partial charge in [-0.1, -0.05) is 6.92 Å². The second kappa shape index (κ2) is 6.66. The standard InChI is InChI=1S/C15H21NO5S/c1-3-12(21-2)9-22(19,20)16-14-8-11(15(17)18)7-10-5-4-6-13(10)14/h7-8,12,16H,3-6,9H2,1-2H3,(H,17,18). The molecule has 0 saturated heterocycles. The van der Waals surface area contributed by atoms with Gasteiger partial charge in [0.2, 0.25) is 10.0 Å². The number of benzene rings is 1. The molecule has 2 rings (SSSR count). The Hall–Kier alpha value is -1.60. The van der Waals surface area contributed by atoms with Crippen LogP contribution >= 0.6 is 0 Å². The van der Waals surface area contributed by atoms with E-state index in [0.717, 1.165) is 30.4 Å². The van der Waals surface area contributed by atoms with Crippen LogP contribution in [0.2, 0.25) is 0 Å². The number of anilines is 1. The minimum absolute atomic E-state index is 0.108. The Morgan fingerprint density at radius 2 is 2.14 bits per heavy atom. The number of sulfonamides is 1. The summed E-state index contributed by atoms with van der Waals surface area (Å²) >= 11 is 0. The van der Waals surface area contributed by atoms with Gasteiger partial charge in [-0.2, -0.15) is 0 Å². The third kappa shape index (κ3) is 3.78. The Labute approximate surface area is 130 Å². The quantitative estimate of drug-likeness (QED) is 0.799. The first-order chi connectivity index (χ1) is 10.4. The van der Waals surface area contributed by atoms with Crippen molar-refractivity contribution in [1.29, 1.82) is 0 Å². The first-order valence-electron chi connectivity index (χ1n) is 7.28. The number of fused-ring (bicyclic) bond motifs is 1. The summed E-state index contributed by atoms with van der Waals surface area (Å²) in [6, 6.07) is 3.03. The maximum atomic E-state index is 12.3. The van der Waals surface area contributed by atoms with E-state index < -0.39 is 16.0 Å². The largest absolute Gasteiger partial charge is 0.478 e. The topological polar surface area (TPSA) is 92.7 Å². The van der Waals surface area contributed by atoms with E-state index >= 15 is 0 Å². The molecule has 1 aliphatic rings. The molecule has 0 bridgehead atoms. The van der Waals surface area contributed by atoms with Crippen LogP contribution in [-0.2, 0) is 27.6 Å². The van der Waals surface area contributed by atoms with E-state index in [-0.39, 0.29) is 17.4 Å². The lowest BCUT2D eigenvalue weighted by Gasteiger charge is -2.17. The van der Waals surface area contributed by atoms with Crippen molar-refractivity contribution in [3.8, 4) is 0 Å². The molecule has 0 fully saturated rings. The fraction of sp³-hybridized carbons (Fsp3) is 0.533. The van der Waals surface area contributed by atoms with Gasteiger partial charge in [0.1, 0.15) is 0 Å². The Bertz CT molecular complexity index is 665. The highest BCUT2D eigenvalue weighted by molar-refractivity contribution is 7.92. The molecule has 7 heteroatoms. The molecule has 1 unspecified atom stereocenters. The Balaban J connectivity index is 2.31. The van der Waals surface area contributed by atoms with Gasteiger partial charge in [-0.25, -0.2) is 13.2 Å². The highest BCUT2D eigenvalue weighted by atomic mass is 32.2. The molecule has 1 aromatic carbocycles. The number of aryl methyl sites for hydroxylation is 1. The van der Waals surface area contributed by atoms with Crippen molar-refractivity contribution >= 4 is 21.7 Å². The summed E-state index contributed by atoms with van der Waals surface area (Å²) in [5.41, 5.74) is 2.31. The fourth-order valence-electron chi connectivity index (χ4n) is 2.73. The number of hydrogen-bond donors (Lipinski definition) is 2. The lowest BCUT2D eigenvalue weighted by molar-refractivity contribution is 0.0696. The molecule has 122 valence electrons. The van der Waals surface area contributed by atoms with E-state index in [2.05, 4.69) is 4.72 Å². The molecule has 1 aliphatic carbocycles. The zero-order chi connectivity index (χ0) is 16.3. The van der Waals surface area contributed by atoms with Crippen LogP contribution in [0.3, 0.4) is 0 Å². The van der Waals surface area contributed by atoms with Crippen LogP contribution in [0.25, 0.3) is 0 Å². The maximum absolute atomic E-state index is 12.3. The minimum atomic E-state index is -3.59. The Kier molecular flexibility index (Phi) is 5.08. The van der Waals surface area contributed by atoms with Crippen molar-refractivity contribution < 1.29 is 23.1 Å². The summed E-state index contributed by atoms with van der Waals surface area (Å²) in [6.07, 6.45) is 2.65. The van der Waals surface area contributed by atoms with Gasteiger partial charge in [-0.3, -0.25) is 4.72 Å². The van der Waals surface area contributed by atoms with Crippen LogP contribution < -0.4 is 4.72 Å². The predicted molar refractivity (Wildman–Crippen MR) is 83.9 cm³/mol. The number of methoxy groups -OCH3 is 1. The molecule has 1 atom stereocenters. The van der Waals surface area contributed by atoms with Gasteiger partial charge in [0, 0.05) is 7.11 Å². The van der Waals surface area contributed by atoms with Gasteiger partial charge >= 0.3 is 5.97 Å². The van der Waals surface area contributed by atoms with Crippen LogP contribution in [0.1, 0.15) is 41.3 Å². The lowest BCUT2D eigenvalue weighted by atomic mass is 10.0. The fourth-order valence-corrected chi connectivity index (χ4v) is 4.19. The van der Waals surface area contributed by atoms with Gasteiger partial charge in [0.25, 0.3) is 0 Å². The predicted octanol–water partition coefficient (Wildman–Crippen LogP) is 2.04. The number of rotatable bonds is 7. The Morgan fingerprint density at radius 3 is 2.73 bits per heavy atom. The van der Waals surface area contributed by atoms with Gasteiger partial charge < -0.3 is 9.84 Å². The smallest absolute Gasteiger partial charge is 0.335 e. The zero-order valence-corrected chi connectivity index (χ0v) is 13.6. The molecule has 1 aromatic rings. The van der Waals surface area contributed by atoms with E-state index in [9.17, 15) is 13.2 Å². The van der Waals surface area contributed by atoms with E-state index in [1.54, 1.807) is 6.07 Å². The first kappa shape index (κ1) is 16.8. The third-order valence-electron chi connectivity index (χ3n) is 3.92. The van der Waals surface area contributed by atoms with Crippen molar-refractivity contribution in [2.45, 2.75) is 38.7 Å². The summed E-state index contributed by atoms with van der Waals surface area (Å²) in [4.78, 5) is 11.2. The van der Waals surface area contributed by atoms with Gasteiger partial charge in [-0.15, -0.1) is 0 Å². The second-order valence-electron chi connectivity index (χ2n) is 5.47. The van der Waals surface area contributed by atoms with Crippen LogP contribution in [0.4, 0.5) is 5.69 Å². The van der Waals surface area contributed by atoms with Crippen molar-refractivity contribution in [2.75, 3.05) is 17.6 Å². The lowest BCUT2D eigenvalue weighted by Crippen LogP contribution is -2.27. The summed E-state index contributed by atoms with van der Waals surface area (Å²) in [6.45, 7) is 1.85. The van der Waals surface area contributed by atoms with E-state index in [4.69, 9.17) is 9.84 Å². The number of carboxylic acids is 1. The van der Waals surface area contributed by atoms with Crippen LogP contribution in [-0.4, -0.2) is 38.5 Å². The molecular formula is C15H21NO5S. The number of carboxylic acid groups (broad SMARTS) is 1. The monoisotopic (exact) mass is 327 g/mol. The van der Waals surface area contributed by atoms with Gasteiger partial charge in [0.05, 0.1) is 23.1 Å². The third-order valence-corrected chi connectivity index (χ3v) is 5.26. The molecular weight excluding hydrogens is 306 g/mol. The molecule has 0 aromatic heterocycles. The molecule has 6 nitrogen and oxygen atoms in total. The highest BCUT2D eigenvalue weighted by Gasteiger charge is 2.23. The van der Waals surface area contributed by atoms with Crippen LogP contribution in [0.15, 0.2) is 12.1 Å². The molecule has 0 amide bonds. The number of hydrogen-bond acceptors (Lipinski definition) is 4. The van der Waals surface area contributed by atoms with Crippen molar-refractivity contribution in [3.05, 3.63) is 28.8 Å². The highest BCUT2D eigenvalue weighted by Crippen LogP contribution is 2.31. The normalized spacial score (nSPS) is 15.4. The van der Waals surface area contributed by atoms with E-state index in [0.29, 0.717) is 12.1 Å². The Morgan fingerprint density at radius 1 is 1.41 bits per heavy atom. The average Bonchev–Trinajstić information content (AvgIpc) is 2.93. The first-order valence-corrected chi connectivity index (χ1v) is 8.94. The zero-order valence-electron chi connectivity index (χ0n) is 12.8. The number of carbonyl (C=O) groups is 1. The molecule has 22 heavy (non-hydrogen) atoms. The molecule has 0 radical (unpaired) electrons. The maximum Gasteiger partial charge on any atom is 0.335 e. The molecule has 0 aliphatic heterocycles. The number of ether oxygens (including phenoxy) is 1. The van der Waals surface area contributed by atoms with Crippen molar-refractivity contribution in [2.24, 2.45) is 0 Å². The average molecular weight is 327 g/mol. The molecule has 0 spiro atoms. The van der Waals surface area contributed by atoms with Crippen molar-refractivity contribution in [1.82, 2.24) is 0 Å². The SMILES string of the molecule is CCC(CS(=O)(=O)Nc1cc(C(=O)O)cc2c1CCC2)OC. The molecule has 0 saturated carbocycles.